The number of methoxy groups -OCH3 is 1. The number of anilines is 4. The average molecular weight is 586 g/mol. The summed E-state index contributed by atoms with van der Waals surface area (Å²) < 4.78 is 10.6. The molecule has 5 rings (SSSR count). The topological polar surface area (TPSA) is 103 Å². The normalized spacial score (nSPS) is 15.1. The van der Waals surface area contributed by atoms with Gasteiger partial charge in [0.25, 0.3) is 5.91 Å². The molecule has 2 aliphatic rings. The molecule has 0 bridgehead atoms. The molecule has 0 aliphatic carbocycles. The number of rotatable bonds is 8. The Hall–Kier alpha value is -4.73. The predicted molar refractivity (Wildman–Crippen MR) is 169 cm³/mol. The van der Waals surface area contributed by atoms with E-state index in [9.17, 15) is 14.4 Å². The van der Waals surface area contributed by atoms with Gasteiger partial charge in [-0.3, -0.25) is 4.79 Å². The lowest BCUT2D eigenvalue weighted by molar-refractivity contribution is 0.0526. The molecule has 0 atom stereocenters. The summed E-state index contributed by atoms with van der Waals surface area (Å²) in [6.07, 6.45) is 3.12. The van der Waals surface area contributed by atoms with Gasteiger partial charge < -0.3 is 34.8 Å². The molecule has 2 heterocycles. The number of amides is 3. The number of hydrogen-bond acceptors (Lipinski definition) is 7. The molecule has 0 saturated carbocycles. The maximum absolute atomic E-state index is 13.8. The molecule has 0 radical (unpaired) electrons. The lowest BCUT2D eigenvalue weighted by Crippen LogP contribution is -2.47. The zero-order valence-corrected chi connectivity index (χ0v) is 24.8. The molecule has 0 unspecified atom stereocenters. The number of carbonyl (C=O) groups excluding carboxylic acids is 3. The number of hydrogen-bond donors (Lipinski definition) is 2. The second kappa shape index (κ2) is 14.0. The highest BCUT2D eigenvalue weighted by molar-refractivity contribution is 6.04. The Morgan fingerprint density at radius 2 is 1.37 bits per heavy atom. The second-order valence-corrected chi connectivity index (χ2v) is 10.6. The van der Waals surface area contributed by atoms with Crippen molar-refractivity contribution in [1.29, 1.82) is 0 Å². The fourth-order valence-corrected chi connectivity index (χ4v) is 5.60. The fourth-order valence-electron chi connectivity index (χ4n) is 5.60. The van der Waals surface area contributed by atoms with Gasteiger partial charge >= 0.3 is 12.0 Å². The third kappa shape index (κ3) is 7.20. The van der Waals surface area contributed by atoms with E-state index >= 15 is 0 Å². The maximum Gasteiger partial charge on any atom is 0.338 e. The van der Waals surface area contributed by atoms with Crippen molar-refractivity contribution < 1.29 is 23.9 Å². The molecule has 10 heteroatoms. The number of nitrogens with one attached hydrogen (secondary N) is 2. The van der Waals surface area contributed by atoms with Crippen molar-refractivity contribution in [1.82, 2.24) is 4.90 Å². The van der Waals surface area contributed by atoms with Gasteiger partial charge in [-0.05, 0) is 80.8 Å². The second-order valence-electron chi connectivity index (χ2n) is 10.6. The van der Waals surface area contributed by atoms with Crippen LogP contribution in [0.15, 0.2) is 66.7 Å². The Kier molecular flexibility index (Phi) is 9.66. The van der Waals surface area contributed by atoms with Gasteiger partial charge in [0.2, 0.25) is 0 Å². The first-order valence-electron chi connectivity index (χ1n) is 14.9. The molecule has 2 aliphatic heterocycles. The Labute approximate surface area is 252 Å². The molecule has 0 aromatic heterocycles. The van der Waals surface area contributed by atoms with Crippen LogP contribution in [-0.4, -0.2) is 75.8 Å². The van der Waals surface area contributed by atoms with E-state index in [-0.39, 0.29) is 5.91 Å². The molecule has 3 amide bonds. The quantitative estimate of drug-likeness (QED) is 0.338. The maximum atomic E-state index is 13.8. The van der Waals surface area contributed by atoms with Crippen LogP contribution in [0.4, 0.5) is 27.5 Å². The standard InChI is InChI=1S/C33H39N5O5/c1-3-43-32(40)24-11-13-25(14-12-24)34-33(41)35-26-15-16-28(27(23-26)31(39)38-17-7-4-8-18-38)36-19-21-37(22-20-36)29-9-5-6-10-30(29)42-2/h5-6,9-16,23H,3-4,7-8,17-22H2,1-2H3,(H2,34,35,41). The predicted octanol–water partition coefficient (Wildman–Crippen LogP) is 5.47. The third-order valence-electron chi connectivity index (χ3n) is 7.83. The number of urea groups is 1. The molecule has 3 aromatic carbocycles. The molecule has 2 fully saturated rings. The van der Waals surface area contributed by atoms with E-state index in [1.165, 1.54) is 0 Å². The largest absolute Gasteiger partial charge is 0.495 e. The minimum absolute atomic E-state index is 0.0135. The molecular weight excluding hydrogens is 546 g/mol. The molecule has 0 spiro atoms. The van der Waals surface area contributed by atoms with Crippen LogP contribution in [0.2, 0.25) is 0 Å². The fraction of sp³-hybridized carbons (Fsp3) is 0.364. The number of carbonyl (C=O) groups is 3. The number of piperidine rings is 1. The summed E-state index contributed by atoms with van der Waals surface area (Å²) in [5, 5.41) is 5.65. The van der Waals surface area contributed by atoms with E-state index in [0.29, 0.717) is 29.1 Å². The summed E-state index contributed by atoms with van der Waals surface area (Å²) in [6, 6.07) is 19.6. The van der Waals surface area contributed by atoms with Crippen molar-refractivity contribution in [2.75, 3.05) is 73.4 Å². The van der Waals surface area contributed by atoms with Crippen molar-refractivity contribution in [3.63, 3.8) is 0 Å². The van der Waals surface area contributed by atoms with Crippen molar-refractivity contribution in [3.8, 4) is 5.75 Å². The van der Waals surface area contributed by atoms with Gasteiger partial charge in [-0.2, -0.15) is 0 Å². The Bertz CT molecular complexity index is 1430. The lowest BCUT2D eigenvalue weighted by atomic mass is 10.1. The highest BCUT2D eigenvalue weighted by Crippen LogP contribution is 2.32. The summed E-state index contributed by atoms with van der Waals surface area (Å²) in [5.41, 5.74) is 3.99. The van der Waals surface area contributed by atoms with Gasteiger partial charge in [0.15, 0.2) is 0 Å². The van der Waals surface area contributed by atoms with Crippen LogP contribution in [0.1, 0.15) is 46.9 Å². The smallest absolute Gasteiger partial charge is 0.338 e. The summed E-state index contributed by atoms with van der Waals surface area (Å²) >= 11 is 0. The van der Waals surface area contributed by atoms with Gasteiger partial charge in [-0.1, -0.05) is 12.1 Å². The van der Waals surface area contributed by atoms with Gasteiger partial charge in [0.05, 0.1) is 30.5 Å². The van der Waals surface area contributed by atoms with Crippen LogP contribution >= 0.6 is 0 Å². The molecule has 3 aromatic rings. The monoisotopic (exact) mass is 585 g/mol. The Morgan fingerprint density at radius 3 is 2.05 bits per heavy atom. The highest BCUT2D eigenvalue weighted by atomic mass is 16.5. The van der Waals surface area contributed by atoms with Crippen LogP contribution in [0.25, 0.3) is 0 Å². The number of ether oxygens (including phenoxy) is 2. The number of likely N-dealkylation sites (tertiary alicyclic amines) is 1. The molecule has 2 saturated heterocycles. The molecule has 2 N–H and O–H groups in total. The Balaban J connectivity index is 1.31. The van der Waals surface area contributed by atoms with E-state index in [1.807, 2.05) is 35.2 Å². The van der Waals surface area contributed by atoms with E-state index in [1.54, 1.807) is 44.4 Å². The van der Waals surface area contributed by atoms with Crippen molar-refractivity contribution in [2.24, 2.45) is 0 Å². The van der Waals surface area contributed by atoms with Crippen molar-refractivity contribution in [3.05, 3.63) is 77.9 Å². The van der Waals surface area contributed by atoms with Crippen LogP contribution in [0.5, 0.6) is 5.75 Å². The number of benzene rings is 3. The SMILES string of the molecule is CCOC(=O)c1ccc(NC(=O)Nc2ccc(N3CCN(c4ccccc4OC)CC3)c(C(=O)N3CCCCC3)c2)cc1. The lowest BCUT2D eigenvalue weighted by Gasteiger charge is -2.39. The number of nitrogens with zero attached hydrogens (tertiary/aromatic N) is 3. The summed E-state index contributed by atoms with van der Waals surface area (Å²) in [5.74, 6) is 0.423. The first-order valence-corrected chi connectivity index (χ1v) is 14.9. The number of para-hydroxylation sites is 2. The molecular formula is C33H39N5O5. The summed E-state index contributed by atoms with van der Waals surface area (Å²) in [6.45, 7) is 6.58. The number of piperazine rings is 1. The minimum atomic E-state index is -0.446. The van der Waals surface area contributed by atoms with Gasteiger partial charge in [0, 0.05) is 56.3 Å². The van der Waals surface area contributed by atoms with Gasteiger partial charge in [-0.25, -0.2) is 9.59 Å². The van der Waals surface area contributed by atoms with Crippen molar-refractivity contribution >= 4 is 40.7 Å². The van der Waals surface area contributed by atoms with Crippen LogP contribution in [0.3, 0.4) is 0 Å². The zero-order chi connectivity index (χ0) is 30.2. The molecule has 10 nitrogen and oxygen atoms in total. The number of esters is 1. The first kappa shape index (κ1) is 29.8. The van der Waals surface area contributed by atoms with Gasteiger partial charge in [0.1, 0.15) is 5.75 Å². The van der Waals surface area contributed by atoms with E-state index in [2.05, 4.69) is 26.5 Å². The summed E-state index contributed by atoms with van der Waals surface area (Å²) in [4.78, 5) is 45.0. The third-order valence-corrected chi connectivity index (χ3v) is 7.83. The minimum Gasteiger partial charge on any atom is -0.495 e. The average Bonchev–Trinajstić information content (AvgIpc) is 3.05. The molecule has 43 heavy (non-hydrogen) atoms. The van der Waals surface area contributed by atoms with Crippen molar-refractivity contribution in [2.45, 2.75) is 26.2 Å². The van der Waals surface area contributed by atoms with Gasteiger partial charge in [-0.15, -0.1) is 0 Å². The van der Waals surface area contributed by atoms with E-state index in [4.69, 9.17) is 9.47 Å². The van der Waals surface area contributed by atoms with Crippen LogP contribution < -0.4 is 25.2 Å². The van der Waals surface area contributed by atoms with Crippen LogP contribution in [-0.2, 0) is 4.74 Å². The van der Waals surface area contributed by atoms with Crippen LogP contribution in [0, 0.1) is 0 Å². The molecule has 226 valence electrons. The first-order chi connectivity index (χ1) is 21.0. The Morgan fingerprint density at radius 1 is 0.744 bits per heavy atom. The summed E-state index contributed by atoms with van der Waals surface area (Å²) in [7, 11) is 1.69. The highest BCUT2D eigenvalue weighted by Gasteiger charge is 2.26. The zero-order valence-electron chi connectivity index (χ0n) is 24.8. The van der Waals surface area contributed by atoms with E-state index < -0.39 is 12.0 Å². The van der Waals surface area contributed by atoms with E-state index in [0.717, 1.165) is 75.7 Å².